The van der Waals surface area contributed by atoms with Gasteiger partial charge < -0.3 is 39.1 Å². The first-order valence-corrected chi connectivity index (χ1v) is 21.3. The predicted octanol–water partition coefficient (Wildman–Crippen LogP) is 8.81. The summed E-state index contributed by atoms with van der Waals surface area (Å²) in [6.45, 7) is 9.01. The van der Waals surface area contributed by atoms with Gasteiger partial charge in [0.2, 0.25) is 0 Å². The van der Waals surface area contributed by atoms with Crippen LogP contribution in [0.4, 0.5) is 5.69 Å². The molecule has 4 aromatic rings. The maximum absolute atomic E-state index is 6.26. The van der Waals surface area contributed by atoms with Crippen molar-refractivity contribution in [3.05, 3.63) is 124 Å². The van der Waals surface area contributed by atoms with Gasteiger partial charge in [-0.05, 0) is 78.2 Å². The van der Waals surface area contributed by atoms with Crippen LogP contribution in [0.25, 0.3) is 10.8 Å². The van der Waals surface area contributed by atoms with E-state index in [4.69, 9.17) is 51.6 Å². The highest BCUT2D eigenvalue weighted by Gasteiger charge is 2.23. The molecule has 13 heteroatoms. The largest absolute Gasteiger partial charge is 0.479 e. The fraction of sp³-hybridized carbons (Fsp3) is 0.400. The van der Waals surface area contributed by atoms with E-state index in [0.29, 0.717) is 87.6 Å². The standard InChI is InChI=1S/C27H37NO5.C18H19Cl2N3OS/c1-22-7-10-25(21-22)28-27-24(9-8-23-5-3-4-6-26(23)27)11-12-30-15-16-32-19-20-33-18-17-31-14-13-29-2;1-21-25-13-7-5-12(6-8-13)11-16(18-22-9-10-23-18)24-17-14(19)3-2-4-15(17)20/h3-10,21-22,28H,11-20H2,1-2H3;2-8,16,21H,9-11H2,1H3,(H,22,23). The molecule has 1 aliphatic heterocycles. The van der Waals surface area contributed by atoms with Gasteiger partial charge in [0.05, 0.1) is 76.1 Å². The molecular weight excluding hydrogens is 795 g/mol. The zero-order chi connectivity index (χ0) is 40.8. The molecule has 6 rings (SSSR count). The Bertz CT molecular complexity index is 1910. The van der Waals surface area contributed by atoms with Crippen molar-refractivity contribution in [3.63, 3.8) is 0 Å². The fourth-order valence-corrected chi connectivity index (χ4v) is 7.22. The van der Waals surface area contributed by atoms with Crippen LogP contribution in [0.3, 0.4) is 0 Å². The predicted molar refractivity (Wildman–Crippen MR) is 239 cm³/mol. The van der Waals surface area contributed by atoms with Crippen LogP contribution in [-0.4, -0.2) is 98.6 Å². The molecule has 4 aromatic carbocycles. The molecular formula is C45H56Cl2N4O6S. The number of amidine groups is 1. The number of para-hydroxylation sites is 1. The van der Waals surface area contributed by atoms with Crippen molar-refractivity contribution in [2.45, 2.75) is 30.8 Å². The van der Waals surface area contributed by atoms with Gasteiger partial charge >= 0.3 is 0 Å². The minimum absolute atomic E-state index is 0.261. The maximum atomic E-state index is 6.26. The van der Waals surface area contributed by atoms with Crippen LogP contribution >= 0.6 is 35.1 Å². The molecule has 0 saturated heterocycles. The Morgan fingerprint density at radius 1 is 0.810 bits per heavy atom. The van der Waals surface area contributed by atoms with Crippen LogP contribution in [0.15, 0.2) is 113 Å². The van der Waals surface area contributed by atoms with Gasteiger partial charge in [0.1, 0.15) is 5.84 Å². The van der Waals surface area contributed by atoms with Crippen molar-refractivity contribution >= 4 is 57.4 Å². The Morgan fingerprint density at radius 3 is 2.10 bits per heavy atom. The molecule has 58 heavy (non-hydrogen) atoms. The number of anilines is 1. The summed E-state index contributed by atoms with van der Waals surface area (Å²) >= 11 is 14.1. The number of halogens is 2. The normalized spacial score (nSPS) is 15.1. The summed E-state index contributed by atoms with van der Waals surface area (Å²) in [7, 11) is 3.56. The molecule has 0 saturated carbocycles. The van der Waals surface area contributed by atoms with Crippen molar-refractivity contribution in [2.24, 2.45) is 10.9 Å². The van der Waals surface area contributed by atoms with Crippen LogP contribution in [0.5, 0.6) is 5.75 Å². The lowest BCUT2D eigenvalue weighted by Crippen LogP contribution is -2.37. The van der Waals surface area contributed by atoms with E-state index in [1.165, 1.54) is 22.0 Å². The molecule has 2 atom stereocenters. The number of allylic oxidation sites excluding steroid dienone is 3. The third-order valence-electron chi connectivity index (χ3n) is 9.12. The lowest BCUT2D eigenvalue weighted by molar-refractivity contribution is -0.00751. The highest BCUT2D eigenvalue weighted by atomic mass is 35.5. The van der Waals surface area contributed by atoms with Crippen LogP contribution in [0, 0.1) is 5.92 Å². The Kier molecular flexibility index (Phi) is 20.2. The summed E-state index contributed by atoms with van der Waals surface area (Å²) in [4.78, 5) is 5.68. The molecule has 0 fully saturated rings. The van der Waals surface area contributed by atoms with E-state index in [1.807, 2.05) is 7.05 Å². The van der Waals surface area contributed by atoms with Gasteiger partial charge in [-0.3, -0.25) is 9.71 Å². The number of rotatable bonds is 24. The number of hydrogen-bond donors (Lipinski definition) is 3. The second kappa shape index (κ2) is 25.8. The molecule has 0 aromatic heterocycles. The summed E-state index contributed by atoms with van der Waals surface area (Å²) in [5.41, 5.74) is 4.73. The molecule has 0 radical (unpaired) electrons. The summed E-state index contributed by atoms with van der Waals surface area (Å²) in [5.74, 6) is 1.80. The smallest absolute Gasteiger partial charge is 0.159 e. The maximum Gasteiger partial charge on any atom is 0.159 e. The Morgan fingerprint density at radius 2 is 1.48 bits per heavy atom. The fourth-order valence-electron chi connectivity index (χ4n) is 6.23. The second-order valence-electron chi connectivity index (χ2n) is 13.5. The zero-order valence-electron chi connectivity index (χ0n) is 33.6. The SMILES string of the molecule is CNSc1ccc(CC(Oc2c(Cl)cccc2Cl)C2=NCCN2)cc1.COCCOCCOCCOCCOCCc1ccc2ccccc2c1NC1=CC(C)C=C1. The summed E-state index contributed by atoms with van der Waals surface area (Å²) in [5, 5.41) is 10.4. The Hall–Kier alpha value is -3.62. The zero-order valence-corrected chi connectivity index (χ0v) is 36.0. The number of fused-ring (bicyclic) bond motifs is 1. The molecule has 10 nitrogen and oxygen atoms in total. The van der Waals surface area contributed by atoms with Crippen LogP contribution in [0.2, 0.25) is 10.0 Å². The first-order chi connectivity index (χ1) is 28.4. The first kappa shape index (κ1) is 45.5. The molecule has 0 bridgehead atoms. The van der Waals surface area contributed by atoms with Crippen molar-refractivity contribution in [2.75, 3.05) is 92.0 Å². The van der Waals surface area contributed by atoms with Crippen LogP contribution < -0.4 is 20.1 Å². The lowest BCUT2D eigenvalue weighted by Gasteiger charge is -2.21. The number of methoxy groups -OCH3 is 1. The topological polar surface area (TPSA) is 104 Å². The summed E-state index contributed by atoms with van der Waals surface area (Å²) < 4.78 is 36.3. The van der Waals surface area contributed by atoms with E-state index in [-0.39, 0.29) is 6.10 Å². The van der Waals surface area contributed by atoms with E-state index in [1.54, 1.807) is 37.3 Å². The minimum atomic E-state index is -0.261. The highest BCUT2D eigenvalue weighted by molar-refractivity contribution is 7.97. The molecule has 1 aliphatic carbocycles. The molecule has 2 aliphatic rings. The Balaban J connectivity index is 0.000000229. The van der Waals surface area contributed by atoms with E-state index in [0.717, 1.165) is 41.5 Å². The average molecular weight is 852 g/mol. The quantitative estimate of drug-likeness (QED) is 0.0469. The van der Waals surface area contributed by atoms with Gasteiger partial charge in [-0.2, -0.15) is 0 Å². The minimum Gasteiger partial charge on any atom is -0.479 e. The van der Waals surface area contributed by atoms with Gasteiger partial charge in [0.25, 0.3) is 0 Å². The van der Waals surface area contributed by atoms with Crippen LogP contribution in [0.1, 0.15) is 18.1 Å². The average Bonchev–Trinajstić information content (AvgIpc) is 3.93. The van der Waals surface area contributed by atoms with E-state index in [9.17, 15) is 0 Å². The molecule has 3 N–H and O–H groups in total. The number of aliphatic imine (C=N–C) groups is 1. The number of nitrogens with zero attached hydrogens (tertiary/aromatic N) is 1. The van der Waals surface area contributed by atoms with Crippen molar-refractivity contribution in [1.82, 2.24) is 10.0 Å². The highest BCUT2D eigenvalue weighted by Crippen LogP contribution is 2.34. The lowest BCUT2D eigenvalue weighted by atomic mass is 10.0. The Labute approximate surface area is 357 Å². The van der Waals surface area contributed by atoms with E-state index in [2.05, 4.69) is 106 Å². The van der Waals surface area contributed by atoms with Gasteiger partial charge in [-0.15, -0.1) is 0 Å². The monoisotopic (exact) mass is 850 g/mol. The third-order valence-corrected chi connectivity index (χ3v) is 10.4. The second-order valence-corrected chi connectivity index (χ2v) is 15.4. The summed E-state index contributed by atoms with van der Waals surface area (Å²) in [6, 6.07) is 26.6. The van der Waals surface area contributed by atoms with Crippen molar-refractivity contribution < 1.29 is 28.4 Å². The number of benzene rings is 4. The number of ether oxygens (including phenoxy) is 6. The van der Waals surface area contributed by atoms with Gasteiger partial charge in [-0.25, -0.2) is 0 Å². The van der Waals surface area contributed by atoms with Crippen molar-refractivity contribution in [3.8, 4) is 5.75 Å². The van der Waals surface area contributed by atoms with Gasteiger partial charge in [-0.1, -0.05) is 96.9 Å². The molecule has 312 valence electrons. The first-order valence-electron chi connectivity index (χ1n) is 19.7. The van der Waals surface area contributed by atoms with Crippen molar-refractivity contribution in [1.29, 1.82) is 0 Å². The molecule has 1 heterocycles. The summed E-state index contributed by atoms with van der Waals surface area (Å²) in [6.07, 6.45) is 7.87. The molecule has 2 unspecified atom stereocenters. The van der Waals surface area contributed by atoms with Gasteiger partial charge in [0, 0.05) is 41.7 Å². The molecule has 0 spiro atoms. The molecule has 0 amide bonds. The number of nitrogens with one attached hydrogen (secondary N) is 3. The van der Waals surface area contributed by atoms with Crippen LogP contribution in [-0.2, 0) is 36.5 Å². The van der Waals surface area contributed by atoms with E-state index < -0.39 is 0 Å². The third kappa shape index (κ3) is 15.2. The van der Waals surface area contributed by atoms with E-state index >= 15 is 0 Å². The number of hydrogen-bond acceptors (Lipinski definition) is 11. The van der Waals surface area contributed by atoms with Gasteiger partial charge in [0.15, 0.2) is 11.9 Å².